The van der Waals surface area contributed by atoms with Crippen LogP contribution >= 0.6 is 0 Å². The second-order valence-electron chi connectivity index (χ2n) is 4.57. The molecule has 0 fully saturated rings. The maximum atomic E-state index is 10.5. The van der Waals surface area contributed by atoms with Crippen molar-refractivity contribution >= 4 is 5.97 Å². The first-order valence-corrected chi connectivity index (χ1v) is 6.22. The fourth-order valence-electron chi connectivity index (χ4n) is 1.52. The highest BCUT2D eigenvalue weighted by Gasteiger charge is 2.10. The van der Waals surface area contributed by atoms with Gasteiger partial charge in [0.2, 0.25) is 0 Å². The topological polar surface area (TPSA) is 77.8 Å². The van der Waals surface area contributed by atoms with Crippen LogP contribution in [0.5, 0.6) is 11.5 Å². The lowest BCUT2D eigenvalue weighted by atomic mass is 10.0. The Labute approximate surface area is 117 Å². The molecule has 0 aliphatic carbocycles. The van der Waals surface area contributed by atoms with Crippen LogP contribution in [0.3, 0.4) is 0 Å². The number of phenols is 2. The third-order valence-electron chi connectivity index (χ3n) is 2.68. The molecule has 4 heteroatoms. The molecule has 2 aromatic carbocycles. The lowest BCUT2D eigenvalue weighted by molar-refractivity contribution is 0.0693. The van der Waals surface area contributed by atoms with Crippen LogP contribution in [0.25, 0.3) is 0 Å². The maximum absolute atomic E-state index is 10.5. The molecule has 3 N–H and O–H groups in total. The monoisotopic (exact) mass is 274 g/mol. The van der Waals surface area contributed by atoms with E-state index in [4.69, 9.17) is 10.2 Å². The van der Waals surface area contributed by atoms with Gasteiger partial charge in [-0.3, -0.25) is 0 Å². The normalized spacial score (nSPS) is 9.75. The van der Waals surface area contributed by atoms with E-state index in [-0.39, 0.29) is 17.2 Å². The summed E-state index contributed by atoms with van der Waals surface area (Å²) >= 11 is 0. The van der Waals surface area contributed by atoms with Crippen LogP contribution in [0.2, 0.25) is 0 Å². The summed E-state index contributed by atoms with van der Waals surface area (Å²) in [5.41, 5.74) is 0.881. The molecule has 0 heterocycles. The molecule has 0 bridgehead atoms. The predicted octanol–water partition coefficient (Wildman–Crippen LogP) is 3.61. The summed E-state index contributed by atoms with van der Waals surface area (Å²) in [6, 6.07) is 13.3. The summed E-state index contributed by atoms with van der Waals surface area (Å²) in [4.78, 5) is 10.5. The van der Waals surface area contributed by atoms with Crippen molar-refractivity contribution in [2.24, 2.45) is 0 Å². The van der Waals surface area contributed by atoms with Gasteiger partial charge in [0.05, 0.1) is 0 Å². The van der Waals surface area contributed by atoms with E-state index in [1.54, 1.807) is 30.3 Å². The van der Waals surface area contributed by atoms with Crippen LogP contribution in [0.1, 0.15) is 35.7 Å². The van der Waals surface area contributed by atoms with Crippen LogP contribution in [-0.2, 0) is 0 Å². The van der Waals surface area contributed by atoms with E-state index >= 15 is 0 Å². The van der Waals surface area contributed by atoms with Gasteiger partial charge in [-0.15, -0.1) is 0 Å². The molecule has 2 aromatic rings. The van der Waals surface area contributed by atoms with E-state index in [0.29, 0.717) is 5.75 Å². The van der Waals surface area contributed by atoms with Crippen LogP contribution in [0.15, 0.2) is 48.5 Å². The van der Waals surface area contributed by atoms with E-state index in [2.05, 4.69) is 0 Å². The minimum absolute atomic E-state index is 0.0515. The minimum atomic E-state index is -1.10. The molecule has 0 atom stereocenters. The molecule has 0 aromatic heterocycles. The molecule has 4 nitrogen and oxygen atoms in total. The largest absolute Gasteiger partial charge is 0.508 e. The third-order valence-corrected chi connectivity index (χ3v) is 2.68. The first kappa shape index (κ1) is 15.6. The number of carboxylic acid groups (broad SMARTS) is 1. The molecule has 2 rings (SSSR count). The quantitative estimate of drug-likeness (QED) is 0.781. The average Bonchev–Trinajstić information content (AvgIpc) is 2.39. The fourth-order valence-corrected chi connectivity index (χ4v) is 1.52. The predicted molar refractivity (Wildman–Crippen MR) is 77.3 cm³/mol. The van der Waals surface area contributed by atoms with Gasteiger partial charge in [0, 0.05) is 0 Å². The Balaban J connectivity index is 0.000000240. The highest BCUT2D eigenvalue weighted by molar-refractivity contribution is 5.90. The second-order valence-corrected chi connectivity index (χ2v) is 4.57. The molecule has 0 radical (unpaired) electrons. The van der Waals surface area contributed by atoms with Crippen molar-refractivity contribution < 1.29 is 20.1 Å². The fraction of sp³-hybridized carbons (Fsp3) is 0.188. The molecule has 106 valence electrons. The minimum Gasteiger partial charge on any atom is -0.508 e. The Kier molecular flexibility index (Phi) is 5.59. The summed E-state index contributed by atoms with van der Waals surface area (Å²) in [6.45, 7) is 3.96. The van der Waals surface area contributed by atoms with Crippen LogP contribution in [-0.4, -0.2) is 21.3 Å². The number of rotatable bonds is 2. The molecule has 0 saturated carbocycles. The van der Waals surface area contributed by atoms with E-state index in [9.17, 15) is 9.90 Å². The van der Waals surface area contributed by atoms with Crippen molar-refractivity contribution in [2.45, 2.75) is 19.8 Å². The first-order valence-electron chi connectivity index (χ1n) is 6.22. The summed E-state index contributed by atoms with van der Waals surface area (Å²) in [6.07, 6.45) is 0. The number of para-hydroxylation sites is 1. The lowest BCUT2D eigenvalue weighted by Gasteiger charge is -2.06. The van der Waals surface area contributed by atoms with Gasteiger partial charge < -0.3 is 15.3 Å². The maximum Gasteiger partial charge on any atom is 0.339 e. The molecule has 20 heavy (non-hydrogen) atoms. The first-order chi connectivity index (χ1) is 9.41. The number of phenolic OH excluding ortho intramolecular Hbond substituents is 1. The van der Waals surface area contributed by atoms with Gasteiger partial charge in [-0.2, -0.15) is 0 Å². The number of hydrogen-bond donors (Lipinski definition) is 3. The number of carboxylic acids is 1. The van der Waals surface area contributed by atoms with Crippen LogP contribution in [0, 0.1) is 0 Å². The summed E-state index contributed by atoms with van der Waals surface area (Å²) in [7, 11) is 0. The Bertz CT molecular complexity index is 562. The number of aromatic hydroxyl groups is 2. The number of benzene rings is 2. The number of aromatic carboxylic acids is 1. The second kappa shape index (κ2) is 7.19. The zero-order valence-corrected chi connectivity index (χ0v) is 11.4. The van der Waals surface area contributed by atoms with Crippen molar-refractivity contribution in [3.05, 3.63) is 59.7 Å². The van der Waals surface area contributed by atoms with E-state index in [0.717, 1.165) is 5.56 Å². The highest BCUT2D eigenvalue weighted by Crippen LogP contribution is 2.23. The Morgan fingerprint density at radius 1 is 1.00 bits per heavy atom. The summed E-state index contributed by atoms with van der Waals surface area (Å²) in [5.74, 6) is -0.664. The summed E-state index contributed by atoms with van der Waals surface area (Å²) < 4.78 is 0. The molecular formula is C16H18O4. The zero-order chi connectivity index (χ0) is 15.1. The van der Waals surface area contributed by atoms with Gasteiger partial charge >= 0.3 is 5.97 Å². The zero-order valence-electron chi connectivity index (χ0n) is 11.4. The molecule has 0 aliphatic heterocycles. The Morgan fingerprint density at radius 2 is 1.60 bits per heavy atom. The molecular weight excluding hydrogens is 256 g/mol. The molecule has 0 spiro atoms. The van der Waals surface area contributed by atoms with Gasteiger partial charge in [0.15, 0.2) is 0 Å². The standard InChI is InChI=1S/C10H12O3.C6H6O/c1-6(2)7-3-4-8(10(12)13)9(11)5-7;7-6-4-2-1-3-5-6/h3-6,11H,1-2H3,(H,12,13);1-5,7H. The smallest absolute Gasteiger partial charge is 0.339 e. The van der Waals surface area contributed by atoms with Gasteiger partial charge in [0.1, 0.15) is 17.1 Å². The van der Waals surface area contributed by atoms with Gasteiger partial charge in [0.25, 0.3) is 0 Å². The van der Waals surface area contributed by atoms with E-state index < -0.39 is 5.97 Å². The van der Waals surface area contributed by atoms with Crippen molar-refractivity contribution in [1.82, 2.24) is 0 Å². The number of carbonyl (C=O) groups is 1. The highest BCUT2D eigenvalue weighted by atomic mass is 16.4. The molecule has 0 amide bonds. The Hall–Kier alpha value is -2.49. The summed E-state index contributed by atoms with van der Waals surface area (Å²) in [5, 5.41) is 26.6. The Morgan fingerprint density at radius 3 is 1.95 bits per heavy atom. The van der Waals surface area contributed by atoms with Crippen molar-refractivity contribution in [1.29, 1.82) is 0 Å². The number of hydrogen-bond acceptors (Lipinski definition) is 3. The van der Waals surface area contributed by atoms with Crippen LogP contribution < -0.4 is 0 Å². The average molecular weight is 274 g/mol. The molecule has 0 saturated heterocycles. The SMILES string of the molecule is CC(C)c1ccc(C(=O)O)c(O)c1.Oc1ccccc1. The lowest BCUT2D eigenvalue weighted by Crippen LogP contribution is -1.97. The van der Waals surface area contributed by atoms with E-state index in [1.165, 1.54) is 12.1 Å². The van der Waals surface area contributed by atoms with Gasteiger partial charge in [-0.25, -0.2) is 4.79 Å². The molecule has 0 aliphatic rings. The van der Waals surface area contributed by atoms with Crippen molar-refractivity contribution in [3.8, 4) is 11.5 Å². The van der Waals surface area contributed by atoms with Crippen LogP contribution in [0.4, 0.5) is 0 Å². The molecule has 0 unspecified atom stereocenters. The van der Waals surface area contributed by atoms with Gasteiger partial charge in [-0.05, 0) is 35.7 Å². The van der Waals surface area contributed by atoms with Gasteiger partial charge in [-0.1, -0.05) is 38.1 Å². The van der Waals surface area contributed by atoms with E-state index in [1.807, 2.05) is 19.9 Å². The third kappa shape index (κ3) is 4.65. The van der Waals surface area contributed by atoms with Crippen molar-refractivity contribution in [3.63, 3.8) is 0 Å². The van der Waals surface area contributed by atoms with Crippen molar-refractivity contribution in [2.75, 3.05) is 0 Å².